The summed E-state index contributed by atoms with van der Waals surface area (Å²) in [5.74, 6) is 0.803. The van der Waals surface area contributed by atoms with E-state index in [9.17, 15) is 4.79 Å². The fourth-order valence-electron chi connectivity index (χ4n) is 2.09. The summed E-state index contributed by atoms with van der Waals surface area (Å²) in [6.45, 7) is 6.32. The number of carbonyl (C=O) groups is 1. The van der Waals surface area contributed by atoms with E-state index in [2.05, 4.69) is 25.6 Å². The van der Waals surface area contributed by atoms with Gasteiger partial charge in [-0.05, 0) is 42.7 Å². The predicted molar refractivity (Wildman–Crippen MR) is 81.2 cm³/mol. The number of rotatable bonds is 6. The molecule has 0 aromatic heterocycles. The molecule has 2 aromatic carbocycles. The van der Waals surface area contributed by atoms with Gasteiger partial charge in [0.05, 0.1) is 0 Å². The number of allylic oxidation sites excluding steroid dienone is 1. The molecule has 20 heavy (non-hydrogen) atoms. The van der Waals surface area contributed by atoms with Gasteiger partial charge in [-0.15, -0.1) is 6.58 Å². The van der Waals surface area contributed by atoms with Crippen molar-refractivity contribution < 1.29 is 9.53 Å². The summed E-state index contributed by atoms with van der Waals surface area (Å²) in [4.78, 5) is 10.8. The quantitative estimate of drug-likeness (QED) is 0.581. The second kappa shape index (κ2) is 6.71. The molecule has 0 bridgehead atoms. The van der Waals surface area contributed by atoms with Crippen LogP contribution in [0.2, 0.25) is 0 Å². The molecule has 0 aliphatic carbocycles. The van der Waals surface area contributed by atoms with Crippen LogP contribution in [0.25, 0.3) is 0 Å². The standard InChI is InChI=1S/C18H18O2/c1-3-5-17-11-15(12-19)8-9-18(17)20-13-16-7-4-6-14(2)10-16/h3-4,6-12H,1,5,13H2,2H3. The first-order valence-electron chi connectivity index (χ1n) is 6.60. The van der Waals surface area contributed by atoms with Gasteiger partial charge < -0.3 is 4.74 Å². The lowest BCUT2D eigenvalue weighted by molar-refractivity contribution is 0.112. The summed E-state index contributed by atoms with van der Waals surface area (Å²) >= 11 is 0. The van der Waals surface area contributed by atoms with Crippen molar-refractivity contribution >= 4 is 6.29 Å². The number of carbonyl (C=O) groups excluding carboxylic acids is 1. The minimum absolute atomic E-state index is 0.520. The van der Waals surface area contributed by atoms with E-state index in [1.807, 2.05) is 30.3 Å². The Hall–Kier alpha value is -2.35. The van der Waals surface area contributed by atoms with Gasteiger partial charge in [0.2, 0.25) is 0 Å². The van der Waals surface area contributed by atoms with Crippen molar-refractivity contribution in [3.05, 3.63) is 77.4 Å². The number of hydrogen-bond acceptors (Lipinski definition) is 2. The van der Waals surface area contributed by atoms with E-state index in [1.54, 1.807) is 6.07 Å². The van der Waals surface area contributed by atoms with Gasteiger partial charge in [-0.3, -0.25) is 4.79 Å². The van der Waals surface area contributed by atoms with Crippen LogP contribution in [0, 0.1) is 6.92 Å². The topological polar surface area (TPSA) is 26.3 Å². The Balaban J connectivity index is 2.16. The van der Waals surface area contributed by atoms with Crippen molar-refractivity contribution in [2.75, 3.05) is 0 Å². The van der Waals surface area contributed by atoms with Gasteiger partial charge in [0.25, 0.3) is 0 Å². The third-order valence-corrected chi connectivity index (χ3v) is 3.06. The summed E-state index contributed by atoms with van der Waals surface area (Å²) in [5, 5.41) is 0. The molecule has 2 aromatic rings. The van der Waals surface area contributed by atoms with Crippen molar-refractivity contribution in [2.45, 2.75) is 20.0 Å². The molecule has 0 N–H and O–H groups in total. The molecule has 0 fully saturated rings. The molecule has 0 saturated carbocycles. The van der Waals surface area contributed by atoms with E-state index >= 15 is 0 Å². The minimum Gasteiger partial charge on any atom is -0.489 e. The molecule has 0 aliphatic heterocycles. The third kappa shape index (κ3) is 3.58. The first kappa shape index (κ1) is 14.1. The Bertz CT molecular complexity index is 615. The molecule has 0 amide bonds. The fourth-order valence-corrected chi connectivity index (χ4v) is 2.09. The number of ether oxygens (including phenoxy) is 1. The summed E-state index contributed by atoms with van der Waals surface area (Å²) in [6.07, 6.45) is 3.34. The first-order chi connectivity index (χ1) is 9.72. The monoisotopic (exact) mass is 266 g/mol. The highest BCUT2D eigenvalue weighted by Gasteiger charge is 2.04. The van der Waals surface area contributed by atoms with Gasteiger partial charge in [0, 0.05) is 5.56 Å². The number of hydrogen-bond donors (Lipinski definition) is 0. The van der Waals surface area contributed by atoms with Crippen LogP contribution < -0.4 is 4.74 Å². The maximum Gasteiger partial charge on any atom is 0.150 e. The average Bonchev–Trinajstić information content (AvgIpc) is 2.46. The van der Waals surface area contributed by atoms with Gasteiger partial charge in [-0.1, -0.05) is 35.9 Å². The van der Waals surface area contributed by atoms with Crippen LogP contribution in [0.3, 0.4) is 0 Å². The molecule has 2 nitrogen and oxygen atoms in total. The molecular formula is C18H18O2. The molecule has 2 rings (SSSR count). The van der Waals surface area contributed by atoms with Crippen LogP contribution in [0.15, 0.2) is 55.1 Å². The van der Waals surface area contributed by atoms with Crippen molar-refractivity contribution in [3.8, 4) is 5.75 Å². The molecule has 0 atom stereocenters. The second-order valence-electron chi connectivity index (χ2n) is 4.76. The second-order valence-corrected chi connectivity index (χ2v) is 4.76. The minimum atomic E-state index is 0.520. The van der Waals surface area contributed by atoms with Gasteiger partial charge in [-0.2, -0.15) is 0 Å². The molecule has 0 radical (unpaired) electrons. The Morgan fingerprint density at radius 2 is 2.05 bits per heavy atom. The van der Waals surface area contributed by atoms with Crippen LogP contribution in [0.5, 0.6) is 5.75 Å². The van der Waals surface area contributed by atoms with Crippen LogP contribution >= 0.6 is 0 Å². The van der Waals surface area contributed by atoms with E-state index < -0.39 is 0 Å². The number of aldehydes is 1. The van der Waals surface area contributed by atoms with Gasteiger partial charge >= 0.3 is 0 Å². The van der Waals surface area contributed by atoms with Crippen molar-refractivity contribution in [1.29, 1.82) is 0 Å². The lowest BCUT2D eigenvalue weighted by Gasteiger charge is -2.11. The average molecular weight is 266 g/mol. The van der Waals surface area contributed by atoms with Crippen LogP contribution in [0.1, 0.15) is 27.0 Å². The summed E-state index contributed by atoms with van der Waals surface area (Å²) < 4.78 is 5.87. The van der Waals surface area contributed by atoms with Gasteiger partial charge in [-0.25, -0.2) is 0 Å². The molecule has 102 valence electrons. The zero-order valence-corrected chi connectivity index (χ0v) is 11.6. The SMILES string of the molecule is C=CCc1cc(C=O)ccc1OCc1cccc(C)c1. The first-order valence-corrected chi connectivity index (χ1v) is 6.60. The zero-order valence-electron chi connectivity index (χ0n) is 11.6. The Morgan fingerprint density at radius 3 is 2.75 bits per heavy atom. The highest BCUT2D eigenvalue weighted by Crippen LogP contribution is 2.22. The summed E-state index contributed by atoms with van der Waals surface area (Å²) in [6, 6.07) is 13.7. The van der Waals surface area contributed by atoms with E-state index in [4.69, 9.17) is 4.74 Å². The Labute approximate surface area is 119 Å². The smallest absolute Gasteiger partial charge is 0.150 e. The lowest BCUT2D eigenvalue weighted by atomic mass is 10.1. The fraction of sp³-hybridized carbons (Fsp3) is 0.167. The summed E-state index contributed by atoms with van der Waals surface area (Å²) in [7, 11) is 0. The van der Waals surface area contributed by atoms with Crippen LogP contribution in [-0.2, 0) is 13.0 Å². The molecule has 0 spiro atoms. The molecule has 2 heteroatoms. The van der Waals surface area contributed by atoms with E-state index in [1.165, 1.54) is 5.56 Å². The lowest BCUT2D eigenvalue weighted by Crippen LogP contribution is -1.99. The van der Waals surface area contributed by atoms with Gasteiger partial charge in [0.1, 0.15) is 18.6 Å². The van der Waals surface area contributed by atoms with Gasteiger partial charge in [0.15, 0.2) is 0 Å². The van der Waals surface area contributed by atoms with Crippen molar-refractivity contribution in [2.24, 2.45) is 0 Å². The zero-order chi connectivity index (χ0) is 14.4. The molecule has 0 saturated heterocycles. The van der Waals surface area contributed by atoms with E-state index in [-0.39, 0.29) is 0 Å². The Morgan fingerprint density at radius 1 is 1.20 bits per heavy atom. The molecule has 0 aliphatic rings. The molecule has 0 heterocycles. The van der Waals surface area contributed by atoms with Crippen LogP contribution in [-0.4, -0.2) is 6.29 Å². The van der Waals surface area contributed by atoms with E-state index in [0.717, 1.165) is 23.2 Å². The molecular weight excluding hydrogens is 248 g/mol. The van der Waals surface area contributed by atoms with Crippen molar-refractivity contribution in [1.82, 2.24) is 0 Å². The predicted octanol–water partition coefficient (Wildman–Crippen LogP) is 4.12. The normalized spacial score (nSPS) is 10.1. The third-order valence-electron chi connectivity index (χ3n) is 3.06. The highest BCUT2D eigenvalue weighted by atomic mass is 16.5. The molecule has 0 unspecified atom stereocenters. The highest BCUT2D eigenvalue weighted by molar-refractivity contribution is 5.75. The summed E-state index contributed by atoms with van der Waals surface area (Å²) in [5.41, 5.74) is 3.99. The Kier molecular flexibility index (Phi) is 4.72. The maximum atomic E-state index is 10.8. The number of benzene rings is 2. The largest absolute Gasteiger partial charge is 0.489 e. The van der Waals surface area contributed by atoms with Crippen LogP contribution in [0.4, 0.5) is 0 Å². The van der Waals surface area contributed by atoms with Crippen molar-refractivity contribution in [3.63, 3.8) is 0 Å². The maximum absolute atomic E-state index is 10.8. The number of aryl methyl sites for hydroxylation is 1. The van der Waals surface area contributed by atoms with E-state index in [0.29, 0.717) is 18.6 Å².